The second-order valence-electron chi connectivity index (χ2n) is 6.35. The van der Waals surface area contributed by atoms with E-state index in [2.05, 4.69) is 5.32 Å². The van der Waals surface area contributed by atoms with Crippen molar-refractivity contribution in [2.24, 2.45) is 0 Å². The lowest BCUT2D eigenvalue weighted by molar-refractivity contribution is -0.154. The molecule has 24 heavy (non-hydrogen) atoms. The molecule has 1 fully saturated rings. The molecule has 1 aromatic rings. The van der Waals surface area contributed by atoms with Crippen LogP contribution in [-0.2, 0) is 14.3 Å². The fourth-order valence-electron chi connectivity index (χ4n) is 2.82. The zero-order valence-corrected chi connectivity index (χ0v) is 15.3. The topological polar surface area (TPSA) is 55.4 Å². The quantitative estimate of drug-likeness (QED) is 0.480. The van der Waals surface area contributed by atoms with E-state index in [1.54, 1.807) is 13.8 Å². The standard InChI is InChI=1S/C19H27NO3S/c1-14(18(21)20-16-10-6-3-4-7-11-16)23-19(22)15(2)24-17-12-8-5-9-13-17/h5,8-9,12-16H,3-4,6-7,10-11H2,1-2H3,(H,20,21)/t14-,15+/m1/s1. The van der Waals surface area contributed by atoms with Crippen LogP contribution in [0.15, 0.2) is 35.2 Å². The van der Waals surface area contributed by atoms with Crippen LogP contribution < -0.4 is 5.32 Å². The molecule has 2 rings (SSSR count). The number of hydrogen-bond acceptors (Lipinski definition) is 4. The zero-order chi connectivity index (χ0) is 17.4. The summed E-state index contributed by atoms with van der Waals surface area (Å²) in [6.07, 6.45) is 6.09. The van der Waals surface area contributed by atoms with Gasteiger partial charge in [0, 0.05) is 10.9 Å². The van der Waals surface area contributed by atoms with Gasteiger partial charge in [-0.2, -0.15) is 0 Å². The lowest BCUT2D eigenvalue weighted by Gasteiger charge is -2.20. The number of ether oxygens (including phenoxy) is 1. The Hall–Kier alpha value is -1.49. The Bertz CT molecular complexity index is 527. The van der Waals surface area contributed by atoms with Gasteiger partial charge in [0.25, 0.3) is 5.91 Å². The number of thioether (sulfide) groups is 1. The molecule has 4 nitrogen and oxygen atoms in total. The fraction of sp³-hybridized carbons (Fsp3) is 0.579. The minimum absolute atomic E-state index is 0.188. The number of carbonyl (C=O) groups excluding carboxylic acids is 2. The van der Waals surface area contributed by atoms with E-state index < -0.39 is 6.10 Å². The van der Waals surface area contributed by atoms with Gasteiger partial charge in [0.2, 0.25) is 0 Å². The molecule has 1 aliphatic rings. The van der Waals surface area contributed by atoms with Crippen molar-refractivity contribution in [2.45, 2.75) is 74.7 Å². The Kier molecular flexibility index (Phi) is 7.63. The Labute approximate surface area is 148 Å². The predicted molar refractivity (Wildman–Crippen MR) is 96.9 cm³/mol. The second kappa shape index (κ2) is 9.72. The largest absolute Gasteiger partial charge is 0.452 e. The SMILES string of the molecule is C[C@H](Sc1ccccc1)C(=O)O[C@H](C)C(=O)NC1CCCCCC1. The molecule has 1 saturated carbocycles. The molecule has 0 unspecified atom stereocenters. The van der Waals surface area contributed by atoms with E-state index in [-0.39, 0.29) is 23.2 Å². The highest BCUT2D eigenvalue weighted by Gasteiger charge is 2.24. The Morgan fingerprint density at radius 2 is 1.71 bits per heavy atom. The van der Waals surface area contributed by atoms with E-state index in [1.807, 2.05) is 30.3 Å². The van der Waals surface area contributed by atoms with Gasteiger partial charge in [0.1, 0.15) is 5.25 Å². The predicted octanol–water partition coefficient (Wildman–Crippen LogP) is 3.94. The molecule has 1 N–H and O–H groups in total. The van der Waals surface area contributed by atoms with Gasteiger partial charge in [0.05, 0.1) is 0 Å². The first-order valence-electron chi connectivity index (χ1n) is 8.79. The van der Waals surface area contributed by atoms with Gasteiger partial charge >= 0.3 is 5.97 Å². The monoisotopic (exact) mass is 349 g/mol. The molecular formula is C19H27NO3S. The van der Waals surface area contributed by atoms with Crippen molar-refractivity contribution in [1.82, 2.24) is 5.32 Å². The van der Waals surface area contributed by atoms with Crippen LogP contribution in [0.1, 0.15) is 52.4 Å². The third-order valence-corrected chi connectivity index (χ3v) is 5.34. The molecule has 0 spiro atoms. The van der Waals surface area contributed by atoms with Crippen LogP contribution in [0.2, 0.25) is 0 Å². The highest BCUT2D eigenvalue weighted by molar-refractivity contribution is 8.00. The van der Waals surface area contributed by atoms with E-state index in [9.17, 15) is 9.59 Å². The van der Waals surface area contributed by atoms with E-state index in [0.717, 1.165) is 30.6 Å². The molecule has 0 bridgehead atoms. The maximum absolute atomic E-state index is 12.2. The number of amides is 1. The number of benzene rings is 1. The number of hydrogen-bond donors (Lipinski definition) is 1. The molecule has 0 saturated heterocycles. The average Bonchev–Trinajstić information content (AvgIpc) is 2.84. The molecule has 0 radical (unpaired) electrons. The average molecular weight is 349 g/mol. The molecule has 5 heteroatoms. The van der Waals surface area contributed by atoms with Crippen LogP contribution in [0.4, 0.5) is 0 Å². The summed E-state index contributed by atoms with van der Waals surface area (Å²) < 4.78 is 5.35. The summed E-state index contributed by atoms with van der Waals surface area (Å²) in [5, 5.41) is 2.68. The highest BCUT2D eigenvalue weighted by atomic mass is 32.2. The summed E-state index contributed by atoms with van der Waals surface area (Å²) in [4.78, 5) is 25.4. The number of nitrogens with one attached hydrogen (secondary N) is 1. The van der Waals surface area contributed by atoms with Gasteiger partial charge in [0.15, 0.2) is 6.10 Å². The Balaban J connectivity index is 1.78. The van der Waals surface area contributed by atoms with Crippen LogP contribution in [0.25, 0.3) is 0 Å². The van der Waals surface area contributed by atoms with E-state index in [0.29, 0.717) is 0 Å². The summed E-state index contributed by atoms with van der Waals surface area (Å²) in [7, 11) is 0. The minimum atomic E-state index is -0.750. The minimum Gasteiger partial charge on any atom is -0.452 e. The zero-order valence-electron chi connectivity index (χ0n) is 14.5. The molecule has 1 amide bonds. The van der Waals surface area contributed by atoms with Gasteiger partial charge in [-0.15, -0.1) is 11.8 Å². The lowest BCUT2D eigenvalue weighted by atomic mass is 10.1. The Morgan fingerprint density at radius 3 is 2.33 bits per heavy atom. The normalized spacial score (nSPS) is 18.2. The molecule has 132 valence electrons. The first kappa shape index (κ1) is 18.8. The molecule has 0 aliphatic heterocycles. The smallest absolute Gasteiger partial charge is 0.319 e. The molecule has 0 aromatic heterocycles. The summed E-state index contributed by atoms with van der Waals surface area (Å²) in [5.74, 6) is -0.542. The van der Waals surface area contributed by atoms with Crippen molar-refractivity contribution < 1.29 is 14.3 Å². The first-order chi connectivity index (χ1) is 11.6. The highest BCUT2D eigenvalue weighted by Crippen LogP contribution is 2.24. The first-order valence-corrected chi connectivity index (χ1v) is 9.67. The van der Waals surface area contributed by atoms with Crippen LogP contribution in [-0.4, -0.2) is 29.3 Å². The van der Waals surface area contributed by atoms with Crippen molar-refractivity contribution in [3.63, 3.8) is 0 Å². The van der Waals surface area contributed by atoms with Gasteiger partial charge in [-0.25, -0.2) is 0 Å². The van der Waals surface area contributed by atoms with E-state index >= 15 is 0 Å². The van der Waals surface area contributed by atoms with Gasteiger partial charge < -0.3 is 10.1 Å². The van der Waals surface area contributed by atoms with E-state index in [1.165, 1.54) is 24.6 Å². The van der Waals surface area contributed by atoms with Crippen LogP contribution in [0.5, 0.6) is 0 Å². The molecule has 0 heterocycles. The van der Waals surface area contributed by atoms with Gasteiger partial charge in [-0.05, 0) is 38.8 Å². The van der Waals surface area contributed by atoms with Crippen molar-refractivity contribution in [2.75, 3.05) is 0 Å². The van der Waals surface area contributed by atoms with Crippen molar-refractivity contribution in [1.29, 1.82) is 0 Å². The van der Waals surface area contributed by atoms with Gasteiger partial charge in [-0.3, -0.25) is 9.59 Å². The van der Waals surface area contributed by atoms with Crippen LogP contribution in [0.3, 0.4) is 0 Å². The summed E-state index contributed by atoms with van der Waals surface area (Å²) >= 11 is 1.44. The van der Waals surface area contributed by atoms with Crippen LogP contribution in [0, 0.1) is 0 Å². The van der Waals surface area contributed by atoms with Crippen LogP contribution >= 0.6 is 11.8 Å². The van der Waals surface area contributed by atoms with Crippen molar-refractivity contribution in [3.05, 3.63) is 30.3 Å². The summed E-state index contributed by atoms with van der Waals surface area (Å²) in [5.41, 5.74) is 0. The third-order valence-electron chi connectivity index (χ3n) is 4.25. The molecule has 1 aromatic carbocycles. The number of esters is 1. The van der Waals surface area contributed by atoms with Gasteiger partial charge in [-0.1, -0.05) is 43.9 Å². The lowest BCUT2D eigenvalue weighted by Crippen LogP contribution is -2.42. The second-order valence-corrected chi connectivity index (χ2v) is 7.76. The molecular weight excluding hydrogens is 322 g/mol. The Morgan fingerprint density at radius 1 is 1.08 bits per heavy atom. The van der Waals surface area contributed by atoms with Crippen molar-refractivity contribution >= 4 is 23.6 Å². The fourth-order valence-corrected chi connectivity index (χ4v) is 3.69. The number of rotatable bonds is 6. The molecule has 1 aliphatic carbocycles. The maximum atomic E-state index is 12.2. The summed E-state index contributed by atoms with van der Waals surface area (Å²) in [6, 6.07) is 9.93. The summed E-state index contributed by atoms with van der Waals surface area (Å²) in [6.45, 7) is 3.44. The molecule has 2 atom stereocenters. The van der Waals surface area contributed by atoms with Crippen molar-refractivity contribution in [3.8, 4) is 0 Å². The third kappa shape index (κ3) is 6.19. The maximum Gasteiger partial charge on any atom is 0.319 e. The van der Waals surface area contributed by atoms with E-state index in [4.69, 9.17) is 4.74 Å². The number of carbonyl (C=O) groups is 2.